The van der Waals surface area contributed by atoms with Crippen LogP contribution in [-0.2, 0) is 35.9 Å². The molecule has 1 amide bonds. The average Bonchev–Trinajstić information content (AvgIpc) is 3.40. The number of amides is 1. The number of benzene rings is 1. The lowest BCUT2D eigenvalue weighted by Crippen LogP contribution is -2.44. The van der Waals surface area contributed by atoms with Crippen molar-refractivity contribution >= 4 is 27.8 Å². The van der Waals surface area contributed by atoms with Crippen molar-refractivity contribution < 1.29 is 17.6 Å². The number of aryl methyl sites for hydroxylation is 2. The van der Waals surface area contributed by atoms with E-state index in [0.29, 0.717) is 0 Å². The van der Waals surface area contributed by atoms with E-state index < -0.39 is 16.1 Å². The van der Waals surface area contributed by atoms with Crippen LogP contribution in [0.15, 0.2) is 16.7 Å². The monoisotopic (exact) mass is 418 g/mol. The molecule has 0 saturated heterocycles. The van der Waals surface area contributed by atoms with E-state index in [1.807, 2.05) is 4.72 Å². The SMILES string of the molecule is CC(C)N(C)S(=O)(=O)NC(=O)c1coc(Nc2c3c(cc4c2CCC4)CCC3)n1. The number of carbonyl (C=O) groups is 1. The van der Waals surface area contributed by atoms with Gasteiger partial charge in [0, 0.05) is 18.8 Å². The third-order valence-corrected chi connectivity index (χ3v) is 7.39. The largest absolute Gasteiger partial charge is 0.431 e. The van der Waals surface area contributed by atoms with Crippen molar-refractivity contribution in [1.29, 1.82) is 0 Å². The third-order valence-electron chi connectivity index (χ3n) is 5.77. The Morgan fingerprint density at radius 3 is 2.34 bits per heavy atom. The number of nitrogens with zero attached hydrogens (tertiary/aromatic N) is 2. The quantitative estimate of drug-likeness (QED) is 0.747. The van der Waals surface area contributed by atoms with E-state index in [1.165, 1.54) is 35.6 Å². The number of fused-ring (bicyclic) bond motifs is 2. The Hall–Kier alpha value is -2.39. The van der Waals surface area contributed by atoms with Gasteiger partial charge in [0.05, 0.1) is 0 Å². The minimum absolute atomic E-state index is 0.0857. The Kier molecular flexibility index (Phi) is 5.12. The Bertz CT molecular complexity index is 1030. The molecule has 1 heterocycles. The number of hydrogen-bond donors (Lipinski definition) is 2. The molecule has 0 saturated carbocycles. The van der Waals surface area contributed by atoms with E-state index >= 15 is 0 Å². The summed E-state index contributed by atoms with van der Waals surface area (Å²) in [7, 11) is -2.53. The Labute approximate surface area is 170 Å². The first kappa shape index (κ1) is 19.9. The maximum atomic E-state index is 12.4. The predicted octanol–water partition coefficient (Wildman–Crippen LogP) is 2.71. The molecule has 2 N–H and O–H groups in total. The Morgan fingerprint density at radius 1 is 1.14 bits per heavy atom. The number of rotatable bonds is 6. The number of carbonyl (C=O) groups excluding carboxylic acids is 1. The molecule has 0 aliphatic heterocycles. The lowest BCUT2D eigenvalue weighted by atomic mass is 9.99. The Balaban J connectivity index is 1.55. The van der Waals surface area contributed by atoms with Crippen molar-refractivity contribution in [2.75, 3.05) is 12.4 Å². The molecule has 2 aliphatic carbocycles. The number of nitrogens with one attached hydrogen (secondary N) is 2. The number of oxazole rings is 1. The van der Waals surface area contributed by atoms with Crippen LogP contribution in [0.4, 0.5) is 11.7 Å². The molecule has 0 fully saturated rings. The maximum Gasteiger partial charge on any atom is 0.304 e. The second kappa shape index (κ2) is 7.46. The van der Waals surface area contributed by atoms with Gasteiger partial charge in [-0.2, -0.15) is 17.7 Å². The first-order chi connectivity index (χ1) is 13.8. The molecule has 2 aromatic rings. The first-order valence-corrected chi connectivity index (χ1v) is 11.4. The fourth-order valence-electron chi connectivity index (χ4n) is 4.03. The molecule has 8 nitrogen and oxygen atoms in total. The molecular formula is C20H26N4O4S. The second-order valence-electron chi connectivity index (χ2n) is 7.94. The van der Waals surface area contributed by atoms with E-state index in [0.717, 1.165) is 48.5 Å². The van der Waals surface area contributed by atoms with Gasteiger partial charge in [0.1, 0.15) is 6.26 Å². The van der Waals surface area contributed by atoms with Gasteiger partial charge >= 0.3 is 10.2 Å². The van der Waals surface area contributed by atoms with Crippen molar-refractivity contribution in [1.82, 2.24) is 14.0 Å². The maximum absolute atomic E-state index is 12.4. The lowest BCUT2D eigenvalue weighted by molar-refractivity contribution is 0.0974. The molecule has 9 heteroatoms. The third kappa shape index (κ3) is 3.76. The molecule has 1 aromatic heterocycles. The molecule has 2 aliphatic rings. The van der Waals surface area contributed by atoms with Gasteiger partial charge in [0.2, 0.25) is 0 Å². The van der Waals surface area contributed by atoms with Gasteiger partial charge in [-0.05, 0) is 74.6 Å². The zero-order chi connectivity index (χ0) is 20.8. The molecule has 0 spiro atoms. The van der Waals surface area contributed by atoms with Crippen LogP contribution in [-0.4, -0.2) is 36.7 Å². The smallest absolute Gasteiger partial charge is 0.304 e. The topological polar surface area (TPSA) is 105 Å². The molecule has 0 atom stereocenters. The first-order valence-electron chi connectivity index (χ1n) is 9.95. The van der Waals surface area contributed by atoms with Crippen LogP contribution in [0.3, 0.4) is 0 Å². The highest BCUT2D eigenvalue weighted by Crippen LogP contribution is 2.39. The van der Waals surface area contributed by atoms with Crippen LogP contribution in [0.25, 0.3) is 0 Å². The molecule has 0 radical (unpaired) electrons. The minimum atomic E-state index is -3.94. The minimum Gasteiger partial charge on any atom is -0.431 e. The highest BCUT2D eigenvalue weighted by Gasteiger charge is 2.27. The van der Waals surface area contributed by atoms with Crippen molar-refractivity contribution in [3.05, 3.63) is 40.3 Å². The van der Waals surface area contributed by atoms with Crippen LogP contribution >= 0.6 is 0 Å². The molecule has 29 heavy (non-hydrogen) atoms. The highest BCUT2D eigenvalue weighted by molar-refractivity contribution is 7.87. The number of anilines is 2. The highest BCUT2D eigenvalue weighted by atomic mass is 32.2. The molecule has 0 unspecified atom stereocenters. The van der Waals surface area contributed by atoms with Gasteiger partial charge in [-0.1, -0.05) is 6.07 Å². The summed E-state index contributed by atoms with van der Waals surface area (Å²) in [5.41, 5.74) is 6.32. The van der Waals surface area contributed by atoms with Gasteiger partial charge in [-0.15, -0.1) is 0 Å². The molecule has 0 bridgehead atoms. The van der Waals surface area contributed by atoms with Gasteiger partial charge < -0.3 is 9.73 Å². The van der Waals surface area contributed by atoms with Crippen LogP contribution in [0.1, 0.15) is 59.4 Å². The predicted molar refractivity (Wildman–Crippen MR) is 110 cm³/mol. The van der Waals surface area contributed by atoms with Crippen LogP contribution in [0, 0.1) is 0 Å². The molecular weight excluding hydrogens is 392 g/mol. The van der Waals surface area contributed by atoms with Gasteiger partial charge in [-0.25, -0.2) is 4.72 Å². The standard InChI is InChI=1S/C20H26N4O4S/c1-12(2)24(3)29(26,27)23-19(25)17-11-28-20(21-17)22-18-15-8-4-6-13(15)10-14-7-5-9-16(14)18/h10-12H,4-9H2,1-3H3,(H,21,22)(H,23,25). The molecule has 1 aromatic carbocycles. The average molecular weight is 419 g/mol. The van der Waals surface area contributed by atoms with Crippen molar-refractivity contribution in [3.63, 3.8) is 0 Å². The second-order valence-corrected chi connectivity index (χ2v) is 9.67. The van der Waals surface area contributed by atoms with Crippen molar-refractivity contribution in [2.24, 2.45) is 0 Å². The van der Waals surface area contributed by atoms with E-state index in [-0.39, 0.29) is 17.8 Å². The lowest BCUT2D eigenvalue weighted by Gasteiger charge is -2.20. The summed E-state index contributed by atoms with van der Waals surface area (Å²) in [5, 5.41) is 3.27. The van der Waals surface area contributed by atoms with Crippen LogP contribution < -0.4 is 10.0 Å². The fourth-order valence-corrected chi connectivity index (χ4v) is 5.07. The number of hydrogen-bond acceptors (Lipinski definition) is 6. The Morgan fingerprint density at radius 2 is 1.76 bits per heavy atom. The fraction of sp³-hybridized carbons (Fsp3) is 0.500. The summed E-state index contributed by atoms with van der Waals surface area (Å²) in [6.07, 6.45) is 7.62. The molecule has 4 rings (SSSR count). The zero-order valence-electron chi connectivity index (χ0n) is 16.9. The zero-order valence-corrected chi connectivity index (χ0v) is 17.7. The summed E-state index contributed by atoms with van der Waals surface area (Å²) >= 11 is 0. The van der Waals surface area contributed by atoms with Crippen LogP contribution in [0.2, 0.25) is 0 Å². The molecule has 156 valence electrons. The summed E-state index contributed by atoms with van der Waals surface area (Å²) in [5.74, 6) is -0.821. The summed E-state index contributed by atoms with van der Waals surface area (Å²) in [6, 6.07) is 2.25. The van der Waals surface area contributed by atoms with Gasteiger partial charge in [0.15, 0.2) is 5.69 Å². The van der Waals surface area contributed by atoms with Crippen molar-refractivity contribution in [2.45, 2.75) is 58.4 Å². The number of aromatic nitrogens is 1. The van der Waals surface area contributed by atoms with Gasteiger partial charge in [0.25, 0.3) is 11.9 Å². The van der Waals surface area contributed by atoms with E-state index in [2.05, 4.69) is 16.4 Å². The summed E-state index contributed by atoms with van der Waals surface area (Å²) in [4.78, 5) is 16.5. The van der Waals surface area contributed by atoms with Crippen LogP contribution in [0.5, 0.6) is 0 Å². The summed E-state index contributed by atoms with van der Waals surface area (Å²) in [6.45, 7) is 3.44. The van der Waals surface area contributed by atoms with Crippen molar-refractivity contribution in [3.8, 4) is 0 Å². The van der Waals surface area contributed by atoms with Gasteiger partial charge in [-0.3, -0.25) is 4.79 Å². The van der Waals surface area contributed by atoms with E-state index in [9.17, 15) is 13.2 Å². The van der Waals surface area contributed by atoms with E-state index in [4.69, 9.17) is 4.42 Å². The normalized spacial score (nSPS) is 15.6. The van der Waals surface area contributed by atoms with E-state index in [1.54, 1.807) is 13.8 Å². The summed E-state index contributed by atoms with van der Waals surface area (Å²) < 4.78 is 33.0.